The average molecular weight is 403 g/mol. The molecule has 1 saturated heterocycles. The molecule has 2 aromatic carbocycles. The molecule has 0 radical (unpaired) electrons. The maximum Gasteiger partial charge on any atom is 0.243 e. The van der Waals surface area contributed by atoms with E-state index in [9.17, 15) is 8.42 Å². The van der Waals surface area contributed by atoms with Crippen molar-refractivity contribution in [2.75, 3.05) is 33.3 Å². The summed E-state index contributed by atoms with van der Waals surface area (Å²) in [5.41, 5.74) is 1.10. The third-order valence-electron chi connectivity index (χ3n) is 4.26. The van der Waals surface area contributed by atoms with Crippen LogP contribution in [0.2, 0.25) is 5.02 Å². The second-order valence-electron chi connectivity index (χ2n) is 5.69. The number of nitrogens with zero attached hydrogens (tertiary/aromatic N) is 1. The standard InChI is InChI=1S/C17H19ClN2O3S.ClH/c1-23-16-5-7-17(8-6-16)24(21,22)20-11-9-19(10-12-20)15-4-2-3-14(18)13-15;/h2-8,13H,9-12H2,1H3;1H. The van der Waals surface area contributed by atoms with Crippen LogP contribution in [0.15, 0.2) is 53.4 Å². The molecule has 0 unspecified atom stereocenters. The van der Waals surface area contributed by atoms with E-state index in [2.05, 4.69) is 0 Å². The highest BCUT2D eigenvalue weighted by atomic mass is 35.5. The quantitative estimate of drug-likeness (QED) is 0.682. The zero-order chi connectivity index (χ0) is 17.2. The smallest absolute Gasteiger partial charge is 0.243 e. The summed E-state index contributed by atoms with van der Waals surface area (Å²) in [6.07, 6.45) is 0. The largest absolute Gasteiger partial charge is 1.00 e. The Bertz CT molecular complexity index is 805. The Morgan fingerprint density at radius 1 is 1.08 bits per heavy atom. The molecule has 0 saturated carbocycles. The van der Waals surface area contributed by atoms with Gasteiger partial charge in [-0.15, -0.1) is 0 Å². The predicted octanol–water partition coefficient (Wildman–Crippen LogP) is -1.43. The van der Waals surface area contributed by atoms with Gasteiger partial charge in [0, 0.05) is 11.1 Å². The lowest BCUT2D eigenvalue weighted by Crippen LogP contribution is -3.10. The lowest BCUT2D eigenvalue weighted by Gasteiger charge is -2.31. The summed E-state index contributed by atoms with van der Waals surface area (Å²) in [6.45, 7) is 2.40. The molecule has 1 N–H and O–H groups in total. The average Bonchev–Trinajstić information content (AvgIpc) is 2.62. The monoisotopic (exact) mass is 402 g/mol. The Morgan fingerprint density at radius 2 is 1.72 bits per heavy atom. The van der Waals surface area contributed by atoms with Crippen LogP contribution in [0.4, 0.5) is 5.69 Å². The third-order valence-corrected chi connectivity index (χ3v) is 6.40. The number of hydrogen-bond donors (Lipinski definition) is 1. The second-order valence-corrected chi connectivity index (χ2v) is 8.07. The molecule has 0 aliphatic carbocycles. The fourth-order valence-electron chi connectivity index (χ4n) is 2.89. The summed E-state index contributed by atoms with van der Waals surface area (Å²) < 4.78 is 32.1. The highest BCUT2D eigenvalue weighted by Crippen LogP contribution is 2.20. The Hall–Kier alpha value is -1.31. The minimum atomic E-state index is -3.46. The number of nitrogens with one attached hydrogen (secondary N) is 1. The molecule has 0 bridgehead atoms. The van der Waals surface area contributed by atoms with E-state index in [0.717, 1.165) is 18.8 Å². The van der Waals surface area contributed by atoms with Crippen LogP contribution in [-0.4, -0.2) is 46.0 Å². The van der Waals surface area contributed by atoms with Gasteiger partial charge < -0.3 is 22.0 Å². The second kappa shape index (κ2) is 8.38. The summed E-state index contributed by atoms with van der Waals surface area (Å²) in [5.74, 6) is 0.643. The first-order valence-electron chi connectivity index (χ1n) is 7.75. The molecule has 0 amide bonds. The highest BCUT2D eigenvalue weighted by molar-refractivity contribution is 7.89. The van der Waals surface area contributed by atoms with Crippen molar-refractivity contribution >= 4 is 27.3 Å². The molecule has 1 aliphatic rings. The molecule has 5 nitrogen and oxygen atoms in total. The summed E-state index contributed by atoms with van der Waals surface area (Å²) >= 11 is 6.04. The first kappa shape index (κ1) is 20.0. The summed E-state index contributed by atoms with van der Waals surface area (Å²) in [7, 11) is -1.91. The Balaban J connectivity index is 0.00000225. The minimum absolute atomic E-state index is 0. The maximum atomic E-state index is 12.7. The number of rotatable bonds is 4. The van der Waals surface area contributed by atoms with Gasteiger partial charge in [0.15, 0.2) is 0 Å². The van der Waals surface area contributed by atoms with Gasteiger partial charge >= 0.3 is 0 Å². The van der Waals surface area contributed by atoms with E-state index in [1.807, 2.05) is 24.3 Å². The number of benzene rings is 2. The van der Waals surface area contributed by atoms with Crippen molar-refractivity contribution in [1.29, 1.82) is 0 Å². The van der Waals surface area contributed by atoms with Gasteiger partial charge in [0.2, 0.25) is 10.0 Å². The molecule has 3 rings (SSSR count). The van der Waals surface area contributed by atoms with E-state index in [4.69, 9.17) is 16.3 Å². The van der Waals surface area contributed by atoms with Gasteiger partial charge in [0.25, 0.3) is 0 Å². The van der Waals surface area contributed by atoms with E-state index in [1.165, 1.54) is 4.90 Å². The third kappa shape index (κ3) is 4.46. The highest BCUT2D eigenvalue weighted by Gasteiger charge is 2.31. The normalized spacial score (nSPS) is 16.2. The number of methoxy groups -OCH3 is 1. The maximum absolute atomic E-state index is 12.7. The van der Waals surface area contributed by atoms with Gasteiger partial charge in [-0.25, -0.2) is 8.42 Å². The zero-order valence-electron chi connectivity index (χ0n) is 13.8. The van der Waals surface area contributed by atoms with Crippen molar-refractivity contribution < 1.29 is 30.5 Å². The molecular weight excluding hydrogens is 383 g/mol. The van der Waals surface area contributed by atoms with Crippen molar-refractivity contribution in [3.63, 3.8) is 0 Å². The van der Waals surface area contributed by atoms with Crippen LogP contribution >= 0.6 is 11.6 Å². The van der Waals surface area contributed by atoms with Crippen molar-refractivity contribution in [3.8, 4) is 5.75 Å². The Kier molecular flexibility index (Phi) is 6.71. The molecule has 1 fully saturated rings. The minimum Gasteiger partial charge on any atom is -1.00 e. The molecule has 25 heavy (non-hydrogen) atoms. The fraction of sp³-hybridized carbons (Fsp3) is 0.294. The lowest BCUT2D eigenvalue weighted by atomic mass is 10.2. The number of halogens is 2. The van der Waals surface area contributed by atoms with Gasteiger partial charge in [-0.1, -0.05) is 17.7 Å². The van der Waals surface area contributed by atoms with E-state index >= 15 is 0 Å². The summed E-state index contributed by atoms with van der Waals surface area (Å²) in [4.78, 5) is 1.55. The number of quaternary nitrogens is 1. The molecule has 1 heterocycles. The number of ether oxygens (including phenoxy) is 1. The van der Waals surface area contributed by atoms with Crippen molar-refractivity contribution in [2.45, 2.75) is 4.90 Å². The fourth-order valence-corrected chi connectivity index (χ4v) is 4.52. The van der Waals surface area contributed by atoms with Gasteiger partial charge in [0.05, 0.1) is 38.2 Å². The Labute approximate surface area is 159 Å². The molecule has 0 atom stereocenters. The van der Waals surface area contributed by atoms with Crippen LogP contribution < -0.4 is 22.0 Å². The van der Waals surface area contributed by atoms with E-state index in [1.54, 1.807) is 35.7 Å². The van der Waals surface area contributed by atoms with Crippen LogP contribution in [0.5, 0.6) is 5.75 Å². The molecule has 2 aromatic rings. The lowest BCUT2D eigenvalue weighted by molar-refractivity contribution is -0.837. The van der Waals surface area contributed by atoms with Crippen LogP contribution in [0.3, 0.4) is 0 Å². The summed E-state index contributed by atoms with van der Waals surface area (Å²) in [5, 5.41) is 0.702. The number of hydrogen-bond acceptors (Lipinski definition) is 3. The first-order chi connectivity index (χ1) is 11.5. The van der Waals surface area contributed by atoms with Gasteiger partial charge in [-0.3, -0.25) is 0 Å². The van der Waals surface area contributed by atoms with Gasteiger partial charge in [0.1, 0.15) is 11.4 Å². The molecule has 0 spiro atoms. The molecule has 0 aromatic heterocycles. The van der Waals surface area contributed by atoms with Crippen LogP contribution in [-0.2, 0) is 10.0 Å². The van der Waals surface area contributed by atoms with Gasteiger partial charge in [-0.2, -0.15) is 4.31 Å². The molecule has 8 heteroatoms. The topological polar surface area (TPSA) is 51.1 Å². The first-order valence-corrected chi connectivity index (χ1v) is 9.57. The van der Waals surface area contributed by atoms with Crippen LogP contribution in [0.25, 0.3) is 0 Å². The SMILES string of the molecule is COc1ccc(S(=O)(=O)N2CC[NH+](c3cccc(Cl)c3)CC2)cc1.[Cl-]. The molecule has 1 aliphatic heterocycles. The van der Waals surface area contributed by atoms with Crippen LogP contribution in [0, 0.1) is 0 Å². The van der Waals surface area contributed by atoms with E-state index in [-0.39, 0.29) is 12.4 Å². The van der Waals surface area contributed by atoms with E-state index in [0.29, 0.717) is 28.8 Å². The Morgan fingerprint density at radius 3 is 2.28 bits per heavy atom. The van der Waals surface area contributed by atoms with E-state index < -0.39 is 10.0 Å². The van der Waals surface area contributed by atoms with Crippen molar-refractivity contribution in [1.82, 2.24) is 4.31 Å². The summed E-state index contributed by atoms with van der Waals surface area (Å²) in [6, 6.07) is 14.2. The molecule has 136 valence electrons. The van der Waals surface area contributed by atoms with Crippen molar-refractivity contribution in [2.24, 2.45) is 0 Å². The number of sulfonamides is 1. The number of piperazine rings is 1. The van der Waals surface area contributed by atoms with Gasteiger partial charge in [-0.05, 0) is 36.4 Å². The zero-order valence-corrected chi connectivity index (χ0v) is 16.1. The van der Waals surface area contributed by atoms with Crippen LogP contribution in [0.1, 0.15) is 0 Å². The molecular formula is C17H20Cl2N2O3S. The predicted molar refractivity (Wildman–Crippen MR) is 93.6 cm³/mol. The van der Waals surface area contributed by atoms with Crippen molar-refractivity contribution in [3.05, 3.63) is 53.6 Å².